The minimum Gasteiger partial charge on any atom is -0.481 e. The first-order valence-electron chi connectivity index (χ1n) is 12.5. The van der Waals surface area contributed by atoms with Gasteiger partial charge in [-0.15, -0.1) is 0 Å². The Hall–Kier alpha value is -1.92. The number of carbonyl (C=O) groups is 2. The summed E-state index contributed by atoms with van der Waals surface area (Å²) in [5.74, 6) is 2.18. The van der Waals surface area contributed by atoms with Crippen molar-refractivity contribution in [2.75, 3.05) is 0 Å². The topological polar surface area (TPSA) is 100 Å². The number of rotatable bonds is 4. The number of ether oxygens (including phenoxy) is 1. The Balaban J connectivity index is 1.43. The zero-order chi connectivity index (χ0) is 23.3. The smallest absolute Gasteiger partial charge is 0.303 e. The summed E-state index contributed by atoms with van der Waals surface area (Å²) in [5.41, 5.74) is -0.239. The Morgan fingerprint density at radius 2 is 1.94 bits per heavy atom. The molecule has 1 aliphatic heterocycles. The third-order valence-electron chi connectivity index (χ3n) is 10.6. The van der Waals surface area contributed by atoms with Crippen molar-refractivity contribution >= 4 is 11.8 Å². The maximum atomic E-state index is 12.6. The summed E-state index contributed by atoms with van der Waals surface area (Å²) < 4.78 is 12.1. The van der Waals surface area contributed by atoms with Crippen LogP contribution < -0.4 is 0 Å². The molecule has 6 nitrogen and oxygen atoms in total. The third kappa shape index (κ3) is 2.80. The van der Waals surface area contributed by atoms with Crippen LogP contribution in [0.15, 0.2) is 28.2 Å². The van der Waals surface area contributed by atoms with Crippen LogP contribution in [-0.4, -0.2) is 39.8 Å². The predicted molar refractivity (Wildman–Crippen MR) is 120 cm³/mol. The van der Waals surface area contributed by atoms with Crippen molar-refractivity contribution in [3.8, 4) is 0 Å². The number of hydrogen-bond donors (Lipinski definition) is 2. The molecule has 33 heavy (non-hydrogen) atoms. The van der Waals surface area contributed by atoms with Crippen LogP contribution >= 0.6 is 0 Å². The van der Waals surface area contributed by atoms with Crippen LogP contribution in [0.1, 0.15) is 76.2 Å². The molecule has 6 heteroatoms. The van der Waals surface area contributed by atoms with E-state index in [1.54, 1.807) is 0 Å². The first-order chi connectivity index (χ1) is 15.6. The largest absolute Gasteiger partial charge is 0.481 e. The summed E-state index contributed by atoms with van der Waals surface area (Å²) in [6.45, 7) is 6.46. The molecular formula is C27H34O6. The van der Waals surface area contributed by atoms with E-state index in [1.807, 2.05) is 19.1 Å². The monoisotopic (exact) mass is 454 g/mol. The highest BCUT2D eigenvalue weighted by molar-refractivity contribution is 5.98. The van der Waals surface area contributed by atoms with Crippen molar-refractivity contribution in [3.05, 3.63) is 35.3 Å². The highest BCUT2D eigenvalue weighted by Crippen LogP contribution is 2.72. The van der Waals surface area contributed by atoms with E-state index >= 15 is 0 Å². The van der Waals surface area contributed by atoms with Crippen molar-refractivity contribution in [1.82, 2.24) is 0 Å². The van der Waals surface area contributed by atoms with Crippen molar-refractivity contribution in [3.63, 3.8) is 0 Å². The number of aryl methyl sites for hydroxylation is 1. The number of epoxide rings is 1. The highest BCUT2D eigenvalue weighted by atomic mass is 16.6. The number of carboxylic acid groups (broad SMARTS) is 1. The Kier molecular flexibility index (Phi) is 4.46. The normalized spacial score (nSPS) is 47.8. The molecule has 4 fully saturated rings. The van der Waals surface area contributed by atoms with E-state index < -0.39 is 11.6 Å². The van der Waals surface area contributed by atoms with E-state index in [0.29, 0.717) is 24.7 Å². The van der Waals surface area contributed by atoms with Crippen molar-refractivity contribution in [2.24, 2.45) is 28.6 Å². The van der Waals surface area contributed by atoms with Crippen LogP contribution in [-0.2, 0) is 14.3 Å². The molecule has 0 aromatic carbocycles. The second-order valence-corrected chi connectivity index (χ2v) is 11.8. The lowest BCUT2D eigenvalue weighted by Crippen LogP contribution is -2.58. The van der Waals surface area contributed by atoms with Gasteiger partial charge in [0.2, 0.25) is 0 Å². The Bertz CT molecular complexity index is 1050. The van der Waals surface area contributed by atoms with Gasteiger partial charge in [0.15, 0.2) is 5.78 Å². The molecular weight excluding hydrogens is 420 g/mol. The number of carbonyl (C=O) groups excluding carboxylic acids is 1. The summed E-state index contributed by atoms with van der Waals surface area (Å²) in [6, 6.07) is 4.09. The highest BCUT2D eigenvalue weighted by Gasteiger charge is 2.71. The molecule has 6 rings (SSSR count). The lowest BCUT2D eigenvalue weighted by molar-refractivity contribution is -0.149. The Morgan fingerprint density at radius 1 is 1.18 bits per heavy atom. The summed E-state index contributed by atoms with van der Waals surface area (Å²) in [4.78, 5) is 23.9. The third-order valence-corrected chi connectivity index (χ3v) is 10.6. The number of furan rings is 1. The van der Waals surface area contributed by atoms with Gasteiger partial charge in [0, 0.05) is 17.8 Å². The summed E-state index contributed by atoms with van der Waals surface area (Å²) in [6.07, 6.45) is 5.98. The number of fused-ring (bicyclic) bond motifs is 7. The van der Waals surface area contributed by atoms with Gasteiger partial charge in [-0.25, -0.2) is 0 Å². The van der Waals surface area contributed by atoms with Crippen LogP contribution in [0.25, 0.3) is 0 Å². The summed E-state index contributed by atoms with van der Waals surface area (Å²) >= 11 is 0. The Labute approximate surface area is 194 Å². The molecule has 5 aliphatic rings. The minimum absolute atomic E-state index is 0.00197. The molecule has 0 amide bonds. The van der Waals surface area contributed by atoms with Crippen LogP contribution in [0.5, 0.6) is 0 Å². The van der Waals surface area contributed by atoms with Gasteiger partial charge in [-0.3, -0.25) is 9.59 Å². The van der Waals surface area contributed by atoms with E-state index in [9.17, 15) is 19.8 Å². The molecule has 178 valence electrons. The molecule has 1 saturated heterocycles. The molecule has 0 radical (unpaired) electrons. The zero-order valence-corrected chi connectivity index (χ0v) is 19.7. The van der Waals surface area contributed by atoms with E-state index in [4.69, 9.17) is 9.15 Å². The number of hydrogen-bond acceptors (Lipinski definition) is 5. The van der Waals surface area contributed by atoms with Gasteiger partial charge in [0.1, 0.15) is 23.7 Å². The molecule has 2 heterocycles. The summed E-state index contributed by atoms with van der Waals surface area (Å²) in [7, 11) is 0. The van der Waals surface area contributed by atoms with Crippen LogP contribution in [0.3, 0.4) is 0 Å². The number of aliphatic hydroxyl groups is 1. The van der Waals surface area contributed by atoms with Gasteiger partial charge >= 0.3 is 5.97 Å². The second kappa shape index (κ2) is 6.82. The molecule has 9 atom stereocenters. The number of aliphatic carboxylic acids is 1. The lowest BCUT2D eigenvalue weighted by atomic mass is 9.43. The average molecular weight is 455 g/mol. The molecule has 4 aliphatic carbocycles. The van der Waals surface area contributed by atoms with Crippen LogP contribution in [0.4, 0.5) is 0 Å². The quantitative estimate of drug-likeness (QED) is 0.654. The average Bonchev–Trinajstić information content (AvgIpc) is 3.41. The van der Waals surface area contributed by atoms with Gasteiger partial charge in [-0.2, -0.15) is 0 Å². The maximum Gasteiger partial charge on any atom is 0.303 e. The number of carboxylic acids is 1. The predicted octanol–water partition coefficient (Wildman–Crippen LogP) is 4.40. The van der Waals surface area contributed by atoms with E-state index in [0.717, 1.165) is 37.2 Å². The molecule has 0 bridgehead atoms. The Morgan fingerprint density at radius 3 is 2.64 bits per heavy atom. The second-order valence-electron chi connectivity index (χ2n) is 11.8. The van der Waals surface area contributed by atoms with Gasteiger partial charge < -0.3 is 19.4 Å². The fourth-order valence-corrected chi connectivity index (χ4v) is 8.71. The SMILES string of the molecule is Cc1ccc([C@@H]2CC3=CC(=O)C4O[C@H]4[C@]3(C)[C@H]3CC[C@@]4(C)[C@@H](CC[C@@]4(O)CCC(=O)O)[C@H]23)o1. The fourth-order valence-electron chi connectivity index (χ4n) is 8.71. The first-order valence-corrected chi connectivity index (χ1v) is 12.5. The van der Waals surface area contributed by atoms with Crippen molar-refractivity contribution < 1.29 is 29.0 Å². The van der Waals surface area contributed by atoms with Gasteiger partial charge in [0.05, 0.1) is 5.60 Å². The first kappa shape index (κ1) is 21.6. The number of ketones is 1. The molecule has 1 unspecified atom stereocenters. The zero-order valence-electron chi connectivity index (χ0n) is 19.7. The standard InChI is InChI=1S/C27H34O6/c1-14-4-5-20(32-14)16-12-15-13-19(28)23-24(33-23)26(15,3)18-6-9-25(2)17(22(16)18)7-10-27(25,31)11-8-21(29)30/h4-5,13,16-18,22-24,31H,6-12H2,1-3H3,(H,29,30)/t16-,17-,18-,22-,23?,24+,25-,26-,27+/m0/s1. The van der Waals surface area contributed by atoms with Gasteiger partial charge in [-0.1, -0.05) is 19.4 Å². The van der Waals surface area contributed by atoms with Crippen molar-refractivity contribution in [2.45, 2.75) is 89.4 Å². The van der Waals surface area contributed by atoms with Crippen molar-refractivity contribution in [1.29, 1.82) is 0 Å². The molecule has 2 N–H and O–H groups in total. The summed E-state index contributed by atoms with van der Waals surface area (Å²) in [5, 5.41) is 21.1. The molecule has 1 aromatic heterocycles. The molecule has 1 aromatic rings. The van der Waals surface area contributed by atoms with Crippen LogP contribution in [0, 0.1) is 35.5 Å². The maximum absolute atomic E-state index is 12.6. The van der Waals surface area contributed by atoms with E-state index in [-0.39, 0.29) is 47.1 Å². The molecule has 3 saturated carbocycles. The van der Waals surface area contributed by atoms with Crippen LogP contribution in [0.2, 0.25) is 0 Å². The van der Waals surface area contributed by atoms with E-state index in [1.165, 1.54) is 5.57 Å². The molecule has 0 spiro atoms. The lowest BCUT2D eigenvalue weighted by Gasteiger charge is -2.60. The minimum atomic E-state index is -0.956. The van der Waals surface area contributed by atoms with Gasteiger partial charge in [0.25, 0.3) is 0 Å². The fraction of sp³-hybridized carbons (Fsp3) is 0.704. The van der Waals surface area contributed by atoms with E-state index in [2.05, 4.69) is 19.9 Å². The van der Waals surface area contributed by atoms with Gasteiger partial charge in [-0.05, 0) is 86.8 Å².